The van der Waals surface area contributed by atoms with E-state index in [-0.39, 0.29) is 18.0 Å². The van der Waals surface area contributed by atoms with Crippen LogP contribution in [0, 0.1) is 0 Å². The van der Waals surface area contributed by atoms with E-state index in [1.165, 1.54) is 6.07 Å². The Kier molecular flexibility index (Phi) is 1.62. The number of ether oxygens (including phenoxy) is 1. The summed E-state index contributed by atoms with van der Waals surface area (Å²) in [7, 11) is 1.80. The number of cyclic esters (lactones) is 1. The first-order valence-corrected chi connectivity index (χ1v) is 3.90. The summed E-state index contributed by atoms with van der Waals surface area (Å²) in [5.74, 6) is -0.500. The molecule has 0 unspecified atom stereocenters. The molecule has 0 fully saturated rings. The van der Waals surface area contributed by atoms with Gasteiger partial charge in [0.15, 0.2) is 6.73 Å². The van der Waals surface area contributed by atoms with Gasteiger partial charge >= 0.3 is 5.97 Å². The van der Waals surface area contributed by atoms with Gasteiger partial charge in [0, 0.05) is 7.05 Å². The SMILES string of the molecule is CN1COC(=O)c2c(O)cccc21. The first-order chi connectivity index (χ1) is 6.20. The van der Waals surface area contributed by atoms with E-state index in [1.807, 2.05) is 0 Å². The summed E-state index contributed by atoms with van der Waals surface area (Å²) >= 11 is 0. The van der Waals surface area contributed by atoms with Crippen molar-refractivity contribution in [1.29, 1.82) is 0 Å². The highest BCUT2D eigenvalue weighted by atomic mass is 16.5. The topological polar surface area (TPSA) is 49.8 Å². The molecular formula is C9H9NO3. The Morgan fingerprint density at radius 1 is 1.54 bits per heavy atom. The maximum absolute atomic E-state index is 11.2. The molecule has 0 atom stereocenters. The van der Waals surface area contributed by atoms with Crippen molar-refractivity contribution in [2.75, 3.05) is 18.7 Å². The molecule has 0 aliphatic carbocycles. The number of anilines is 1. The molecule has 0 saturated heterocycles. The molecule has 1 heterocycles. The van der Waals surface area contributed by atoms with Gasteiger partial charge in [-0.15, -0.1) is 0 Å². The molecule has 0 bridgehead atoms. The third-order valence-corrected chi connectivity index (χ3v) is 2.03. The minimum absolute atomic E-state index is 0.0333. The van der Waals surface area contributed by atoms with Gasteiger partial charge in [0.25, 0.3) is 0 Å². The number of phenolic OH excluding ortho intramolecular Hbond substituents is 1. The fourth-order valence-corrected chi connectivity index (χ4v) is 1.35. The number of carbonyl (C=O) groups excluding carboxylic acids is 1. The second-order valence-corrected chi connectivity index (χ2v) is 2.93. The van der Waals surface area contributed by atoms with Crippen LogP contribution in [0.3, 0.4) is 0 Å². The lowest BCUT2D eigenvalue weighted by molar-refractivity contribution is 0.0483. The molecule has 0 spiro atoms. The van der Waals surface area contributed by atoms with Crippen molar-refractivity contribution in [2.24, 2.45) is 0 Å². The van der Waals surface area contributed by atoms with Crippen LogP contribution in [0.25, 0.3) is 0 Å². The van der Waals surface area contributed by atoms with Crippen molar-refractivity contribution in [1.82, 2.24) is 0 Å². The number of nitrogens with zero attached hydrogens (tertiary/aromatic N) is 1. The molecule has 1 aliphatic rings. The molecule has 0 radical (unpaired) electrons. The number of hydrogen-bond acceptors (Lipinski definition) is 4. The van der Waals surface area contributed by atoms with Crippen LogP contribution in [0.5, 0.6) is 5.75 Å². The monoisotopic (exact) mass is 179 g/mol. The molecule has 13 heavy (non-hydrogen) atoms. The van der Waals surface area contributed by atoms with Gasteiger partial charge in [-0.1, -0.05) is 6.07 Å². The summed E-state index contributed by atoms with van der Waals surface area (Å²) in [5.41, 5.74) is 0.951. The fraction of sp³-hybridized carbons (Fsp3) is 0.222. The smallest absolute Gasteiger partial charge is 0.345 e. The molecule has 0 amide bonds. The van der Waals surface area contributed by atoms with Gasteiger partial charge < -0.3 is 14.7 Å². The zero-order valence-electron chi connectivity index (χ0n) is 7.15. The van der Waals surface area contributed by atoms with Crippen LogP contribution in [-0.4, -0.2) is 24.9 Å². The van der Waals surface area contributed by atoms with E-state index in [4.69, 9.17) is 4.74 Å². The maximum Gasteiger partial charge on any atom is 0.345 e. The van der Waals surface area contributed by atoms with Crippen molar-refractivity contribution in [3.05, 3.63) is 23.8 Å². The summed E-state index contributed by atoms with van der Waals surface area (Å²) in [6.07, 6.45) is 0. The van der Waals surface area contributed by atoms with Gasteiger partial charge in [-0.25, -0.2) is 4.79 Å². The molecular weight excluding hydrogens is 170 g/mol. The zero-order valence-corrected chi connectivity index (χ0v) is 7.15. The quantitative estimate of drug-likeness (QED) is 0.602. The van der Waals surface area contributed by atoms with Crippen molar-refractivity contribution < 1.29 is 14.6 Å². The van der Waals surface area contributed by atoms with E-state index >= 15 is 0 Å². The van der Waals surface area contributed by atoms with Crippen molar-refractivity contribution in [3.8, 4) is 5.75 Å². The molecule has 68 valence electrons. The van der Waals surface area contributed by atoms with E-state index < -0.39 is 5.97 Å². The van der Waals surface area contributed by atoms with Crippen LogP contribution in [0.2, 0.25) is 0 Å². The number of fused-ring (bicyclic) bond motifs is 1. The van der Waals surface area contributed by atoms with Gasteiger partial charge in [-0.2, -0.15) is 0 Å². The highest BCUT2D eigenvalue weighted by Crippen LogP contribution is 2.31. The lowest BCUT2D eigenvalue weighted by Crippen LogP contribution is -2.30. The van der Waals surface area contributed by atoms with E-state index in [2.05, 4.69) is 0 Å². The third-order valence-electron chi connectivity index (χ3n) is 2.03. The third kappa shape index (κ3) is 1.11. The fourth-order valence-electron chi connectivity index (χ4n) is 1.35. The Hall–Kier alpha value is -1.71. The zero-order chi connectivity index (χ0) is 9.42. The van der Waals surface area contributed by atoms with E-state index in [1.54, 1.807) is 24.1 Å². The molecule has 0 aromatic heterocycles. The van der Waals surface area contributed by atoms with Crippen LogP contribution in [0.15, 0.2) is 18.2 Å². The summed E-state index contributed by atoms with van der Waals surface area (Å²) in [4.78, 5) is 13.0. The lowest BCUT2D eigenvalue weighted by Gasteiger charge is -2.26. The number of aromatic hydroxyl groups is 1. The summed E-state index contributed by atoms with van der Waals surface area (Å²) in [6, 6.07) is 4.94. The predicted octanol–water partition coefficient (Wildman–Crippen LogP) is 0.956. The molecule has 4 nitrogen and oxygen atoms in total. The Morgan fingerprint density at radius 3 is 3.00 bits per heavy atom. The number of benzene rings is 1. The van der Waals surface area contributed by atoms with Gasteiger partial charge in [0.2, 0.25) is 0 Å². The Morgan fingerprint density at radius 2 is 2.31 bits per heavy atom. The Balaban J connectivity index is 2.63. The second kappa shape index (κ2) is 2.65. The van der Waals surface area contributed by atoms with Gasteiger partial charge in [-0.3, -0.25) is 0 Å². The number of esters is 1. The number of rotatable bonds is 0. The minimum Gasteiger partial charge on any atom is -0.507 e. The number of phenols is 1. The summed E-state index contributed by atoms with van der Waals surface area (Å²) < 4.78 is 4.82. The first-order valence-electron chi connectivity index (χ1n) is 3.90. The first kappa shape index (κ1) is 7.91. The van der Waals surface area contributed by atoms with E-state index in [0.717, 1.165) is 0 Å². The second-order valence-electron chi connectivity index (χ2n) is 2.93. The highest BCUT2D eigenvalue weighted by Gasteiger charge is 2.24. The molecule has 0 saturated carbocycles. The molecule has 1 N–H and O–H groups in total. The van der Waals surface area contributed by atoms with Crippen LogP contribution in [-0.2, 0) is 4.74 Å². The minimum atomic E-state index is -0.466. The maximum atomic E-state index is 11.2. The Bertz CT molecular complexity index is 362. The predicted molar refractivity (Wildman–Crippen MR) is 46.8 cm³/mol. The standard InChI is InChI=1S/C9H9NO3/c1-10-5-13-9(12)8-6(10)3-2-4-7(8)11/h2-4,11H,5H2,1H3. The van der Waals surface area contributed by atoms with Crippen LogP contribution < -0.4 is 4.90 Å². The van der Waals surface area contributed by atoms with Gasteiger partial charge in [0.1, 0.15) is 11.3 Å². The van der Waals surface area contributed by atoms with E-state index in [0.29, 0.717) is 5.69 Å². The molecule has 1 aliphatic heterocycles. The largest absolute Gasteiger partial charge is 0.507 e. The molecule has 1 aromatic rings. The summed E-state index contributed by atoms with van der Waals surface area (Å²) in [5, 5.41) is 9.42. The van der Waals surface area contributed by atoms with Crippen LogP contribution >= 0.6 is 0 Å². The average Bonchev–Trinajstić information content (AvgIpc) is 2.12. The molecule has 2 rings (SSSR count). The molecule has 4 heteroatoms. The van der Waals surface area contributed by atoms with Crippen molar-refractivity contribution in [2.45, 2.75) is 0 Å². The normalized spacial score (nSPS) is 15.2. The van der Waals surface area contributed by atoms with Crippen LogP contribution in [0.4, 0.5) is 5.69 Å². The average molecular weight is 179 g/mol. The van der Waals surface area contributed by atoms with Crippen LogP contribution in [0.1, 0.15) is 10.4 Å². The lowest BCUT2D eigenvalue weighted by atomic mass is 10.1. The van der Waals surface area contributed by atoms with Crippen molar-refractivity contribution in [3.63, 3.8) is 0 Å². The number of hydrogen-bond donors (Lipinski definition) is 1. The Labute approximate surface area is 75.3 Å². The molecule has 1 aromatic carbocycles. The van der Waals surface area contributed by atoms with E-state index in [9.17, 15) is 9.90 Å². The van der Waals surface area contributed by atoms with Crippen molar-refractivity contribution >= 4 is 11.7 Å². The number of carbonyl (C=O) groups is 1. The van der Waals surface area contributed by atoms with Gasteiger partial charge in [-0.05, 0) is 12.1 Å². The highest BCUT2D eigenvalue weighted by molar-refractivity contribution is 6.00. The van der Waals surface area contributed by atoms with Gasteiger partial charge in [0.05, 0.1) is 5.69 Å². The summed E-state index contributed by atoms with van der Waals surface area (Å²) in [6.45, 7) is 0.231.